The number of amides is 1. The van der Waals surface area contributed by atoms with E-state index < -0.39 is 17.9 Å². The van der Waals surface area contributed by atoms with Crippen LogP contribution in [0.3, 0.4) is 0 Å². The summed E-state index contributed by atoms with van der Waals surface area (Å²) in [5.74, 6) is -1.49. The summed E-state index contributed by atoms with van der Waals surface area (Å²) in [7, 11) is 0. The first-order valence-electron chi connectivity index (χ1n) is 8.77. The van der Waals surface area contributed by atoms with Crippen molar-refractivity contribution in [2.75, 3.05) is 0 Å². The van der Waals surface area contributed by atoms with Gasteiger partial charge in [-0.1, -0.05) is 60.4 Å². The molecule has 8 heteroatoms. The number of carboxylic acids is 1. The molecule has 2 heterocycles. The Morgan fingerprint density at radius 3 is 2.59 bits per heavy atom. The normalized spacial score (nSPS) is 16.6. The van der Waals surface area contributed by atoms with Gasteiger partial charge in [-0.15, -0.1) is 0 Å². The lowest BCUT2D eigenvalue weighted by molar-refractivity contribution is -0.145. The smallest absolute Gasteiger partial charge is 0.327 e. The van der Waals surface area contributed by atoms with Gasteiger partial charge in [-0.05, 0) is 29.3 Å². The van der Waals surface area contributed by atoms with Crippen molar-refractivity contribution in [3.8, 4) is 0 Å². The number of carbonyl (C=O) groups is 2. The first-order chi connectivity index (χ1) is 14.0. The molecule has 0 unspecified atom stereocenters. The standard InChI is InChI=1S/C21H15N3O3S2/c25-19-18(12-14-6-7-15-16(10-14)23-9-8-22-15)29-21(28)24(19)17(20(26)27)11-13-4-2-1-3-5-13/h1-10,12,17H,11H2,(H,26,27)/b18-12+/t17-/m1/s1. The summed E-state index contributed by atoms with van der Waals surface area (Å²) in [4.78, 5) is 34.9. The van der Waals surface area contributed by atoms with E-state index in [1.54, 1.807) is 18.5 Å². The van der Waals surface area contributed by atoms with Gasteiger partial charge in [-0.2, -0.15) is 0 Å². The predicted octanol–water partition coefficient (Wildman–Crippen LogP) is 3.53. The number of aromatic nitrogens is 2. The SMILES string of the molecule is O=C(O)[C@@H](Cc1ccccc1)N1C(=O)/C(=C\c2ccc3nccnc3c2)SC1=S. The average molecular weight is 422 g/mol. The lowest BCUT2D eigenvalue weighted by Gasteiger charge is -2.23. The van der Waals surface area contributed by atoms with E-state index in [0.29, 0.717) is 10.4 Å². The molecule has 1 fully saturated rings. The van der Waals surface area contributed by atoms with Crippen molar-refractivity contribution in [3.05, 3.63) is 77.0 Å². The van der Waals surface area contributed by atoms with Crippen LogP contribution in [0.25, 0.3) is 17.1 Å². The fourth-order valence-electron chi connectivity index (χ4n) is 3.10. The summed E-state index contributed by atoms with van der Waals surface area (Å²) in [6.45, 7) is 0. The second kappa shape index (κ2) is 8.10. The molecule has 4 rings (SSSR count). The van der Waals surface area contributed by atoms with Crippen LogP contribution >= 0.6 is 24.0 Å². The number of aliphatic carboxylic acids is 1. The fourth-order valence-corrected chi connectivity index (χ4v) is 4.45. The number of thiocarbonyl (C=S) groups is 1. The van der Waals surface area contributed by atoms with Crippen molar-refractivity contribution in [3.63, 3.8) is 0 Å². The number of hydrogen-bond acceptors (Lipinski definition) is 6. The number of benzene rings is 2. The van der Waals surface area contributed by atoms with Crippen LogP contribution in [0, 0.1) is 0 Å². The topological polar surface area (TPSA) is 83.4 Å². The Labute approximate surface area is 176 Å². The zero-order valence-corrected chi connectivity index (χ0v) is 16.7. The highest BCUT2D eigenvalue weighted by atomic mass is 32.2. The molecule has 1 aliphatic rings. The van der Waals surface area contributed by atoms with Crippen LogP contribution in [0.4, 0.5) is 0 Å². The molecule has 0 saturated carbocycles. The molecule has 1 amide bonds. The molecular weight excluding hydrogens is 406 g/mol. The molecule has 144 valence electrons. The highest BCUT2D eigenvalue weighted by Crippen LogP contribution is 2.35. The summed E-state index contributed by atoms with van der Waals surface area (Å²) in [5.41, 5.74) is 3.06. The second-order valence-electron chi connectivity index (χ2n) is 6.40. The molecule has 0 spiro atoms. The highest BCUT2D eigenvalue weighted by molar-refractivity contribution is 8.26. The van der Waals surface area contributed by atoms with E-state index in [-0.39, 0.29) is 10.7 Å². The molecule has 1 N–H and O–H groups in total. The maximum atomic E-state index is 13.0. The van der Waals surface area contributed by atoms with Crippen LogP contribution in [-0.4, -0.2) is 42.2 Å². The van der Waals surface area contributed by atoms with Gasteiger partial charge in [0.15, 0.2) is 0 Å². The quantitative estimate of drug-likeness (QED) is 0.498. The van der Waals surface area contributed by atoms with E-state index in [4.69, 9.17) is 12.2 Å². The Kier molecular flexibility index (Phi) is 5.37. The number of fused-ring (bicyclic) bond motifs is 1. The van der Waals surface area contributed by atoms with Gasteiger partial charge in [0.1, 0.15) is 10.4 Å². The summed E-state index contributed by atoms with van der Waals surface area (Å²) < 4.78 is 0.241. The molecule has 1 aliphatic heterocycles. The molecule has 0 radical (unpaired) electrons. The summed E-state index contributed by atoms with van der Waals surface area (Å²) in [6, 6.07) is 13.6. The van der Waals surface area contributed by atoms with Crippen molar-refractivity contribution < 1.29 is 14.7 Å². The third kappa shape index (κ3) is 4.03. The minimum Gasteiger partial charge on any atom is -0.480 e. The van der Waals surface area contributed by atoms with Crippen molar-refractivity contribution in [2.45, 2.75) is 12.5 Å². The summed E-state index contributed by atoms with van der Waals surface area (Å²) in [5, 5.41) is 9.73. The van der Waals surface area contributed by atoms with Gasteiger partial charge in [-0.25, -0.2) is 4.79 Å². The molecule has 1 atom stereocenters. The van der Waals surface area contributed by atoms with E-state index >= 15 is 0 Å². The lowest BCUT2D eigenvalue weighted by atomic mass is 10.0. The third-order valence-electron chi connectivity index (χ3n) is 4.48. The Morgan fingerprint density at radius 1 is 1.14 bits per heavy atom. The second-order valence-corrected chi connectivity index (χ2v) is 8.08. The Balaban J connectivity index is 1.62. The van der Waals surface area contributed by atoms with E-state index in [1.165, 1.54) is 4.90 Å². The maximum absolute atomic E-state index is 13.0. The predicted molar refractivity (Wildman–Crippen MR) is 116 cm³/mol. The third-order valence-corrected chi connectivity index (χ3v) is 5.81. The van der Waals surface area contributed by atoms with Crippen LogP contribution in [0.2, 0.25) is 0 Å². The molecule has 6 nitrogen and oxygen atoms in total. The molecule has 1 saturated heterocycles. The van der Waals surface area contributed by atoms with E-state index in [1.807, 2.05) is 48.5 Å². The fraction of sp³-hybridized carbons (Fsp3) is 0.0952. The Morgan fingerprint density at radius 2 is 1.86 bits per heavy atom. The Hall–Kier alpha value is -3.10. The van der Waals surface area contributed by atoms with E-state index in [2.05, 4.69) is 9.97 Å². The summed E-state index contributed by atoms with van der Waals surface area (Å²) in [6.07, 6.45) is 5.11. The van der Waals surface area contributed by atoms with Crippen LogP contribution < -0.4 is 0 Å². The van der Waals surface area contributed by atoms with Crippen LogP contribution in [0.5, 0.6) is 0 Å². The van der Waals surface area contributed by atoms with Gasteiger partial charge in [0.2, 0.25) is 0 Å². The van der Waals surface area contributed by atoms with Crippen molar-refractivity contribution in [1.82, 2.24) is 14.9 Å². The highest BCUT2D eigenvalue weighted by Gasteiger charge is 2.40. The number of thioether (sulfide) groups is 1. The van der Waals surface area contributed by atoms with E-state index in [0.717, 1.165) is 28.4 Å². The number of carbonyl (C=O) groups excluding carboxylic acids is 1. The van der Waals surface area contributed by atoms with Gasteiger partial charge in [0.25, 0.3) is 5.91 Å². The largest absolute Gasteiger partial charge is 0.480 e. The molecule has 0 bridgehead atoms. The first-order valence-corrected chi connectivity index (χ1v) is 10.00. The average Bonchev–Trinajstić information content (AvgIpc) is 2.99. The summed E-state index contributed by atoms with van der Waals surface area (Å²) >= 11 is 6.45. The van der Waals surface area contributed by atoms with Crippen LogP contribution in [0.1, 0.15) is 11.1 Å². The van der Waals surface area contributed by atoms with E-state index in [9.17, 15) is 14.7 Å². The number of carboxylic acid groups (broad SMARTS) is 1. The van der Waals surface area contributed by atoms with Gasteiger partial charge in [0.05, 0.1) is 15.9 Å². The van der Waals surface area contributed by atoms with Gasteiger partial charge in [0, 0.05) is 18.8 Å². The number of hydrogen-bond donors (Lipinski definition) is 1. The lowest BCUT2D eigenvalue weighted by Crippen LogP contribution is -2.45. The van der Waals surface area contributed by atoms with Crippen LogP contribution in [-0.2, 0) is 16.0 Å². The van der Waals surface area contributed by atoms with Crippen molar-refractivity contribution in [1.29, 1.82) is 0 Å². The molecule has 0 aliphatic carbocycles. The number of nitrogens with zero attached hydrogens (tertiary/aromatic N) is 3. The minimum absolute atomic E-state index is 0.182. The zero-order valence-electron chi connectivity index (χ0n) is 15.1. The zero-order chi connectivity index (χ0) is 20.4. The first kappa shape index (κ1) is 19.2. The minimum atomic E-state index is -1.09. The molecule has 3 aromatic rings. The monoisotopic (exact) mass is 421 g/mol. The molecule has 2 aromatic carbocycles. The molecule has 29 heavy (non-hydrogen) atoms. The molecule has 1 aromatic heterocycles. The maximum Gasteiger partial charge on any atom is 0.327 e. The van der Waals surface area contributed by atoms with Crippen LogP contribution in [0.15, 0.2) is 65.8 Å². The number of rotatable bonds is 5. The van der Waals surface area contributed by atoms with Gasteiger partial charge < -0.3 is 5.11 Å². The van der Waals surface area contributed by atoms with Crippen molar-refractivity contribution >= 4 is 57.3 Å². The molecular formula is C21H15N3O3S2. The van der Waals surface area contributed by atoms with Gasteiger partial charge >= 0.3 is 5.97 Å². The Bertz CT molecular complexity index is 1150. The van der Waals surface area contributed by atoms with Gasteiger partial charge in [-0.3, -0.25) is 19.7 Å². The van der Waals surface area contributed by atoms with Crippen molar-refractivity contribution in [2.24, 2.45) is 0 Å².